The fourth-order valence-electron chi connectivity index (χ4n) is 2.50. The van der Waals surface area contributed by atoms with Crippen LogP contribution in [-0.4, -0.2) is 32.2 Å². The first-order valence-electron chi connectivity index (χ1n) is 7.74. The van der Waals surface area contributed by atoms with E-state index in [2.05, 4.69) is 13.8 Å². The van der Waals surface area contributed by atoms with Crippen LogP contribution in [0.4, 0.5) is 0 Å². The van der Waals surface area contributed by atoms with Gasteiger partial charge in [0.1, 0.15) is 0 Å². The largest absolute Gasteiger partial charge is 0.385 e. The van der Waals surface area contributed by atoms with Crippen LogP contribution < -0.4 is 0 Å². The zero-order valence-electron chi connectivity index (χ0n) is 12.7. The quantitative estimate of drug-likeness (QED) is 0.343. The summed E-state index contributed by atoms with van der Waals surface area (Å²) in [6.07, 6.45) is 12.6. The van der Waals surface area contributed by atoms with Gasteiger partial charge in [-0.05, 0) is 25.7 Å². The van der Waals surface area contributed by atoms with Crippen LogP contribution in [0.2, 0.25) is 0 Å². The predicted octanol–water partition coefficient (Wildman–Crippen LogP) is 5.16. The fraction of sp³-hybridized carbons (Fsp3) is 1.00. The van der Waals surface area contributed by atoms with E-state index in [4.69, 9.17) is 4.74 Å². The van der Waals surface area contributed by atoms with Crippen molar-refractivity contribution in [3.8, 4) is 0 Å². The minimum absolute atomic E-state index is 0.891. The third-order valence-electron chi connectivity index (χ3n) is 3.43. The molecule has 0 aliphatic rings. The highest BCUT2D eigenvalue weighted by Gasteiger charge is 2.18. The van der Waals surface area contributed by atoms with Gasteiger partial charge in [0.15, 0.2) is 0 Å². The topological polar surface area (TPSA) is 26.3 Å². The van der Waals surface area contributed by atoms with Gasteiger partial charge in [-0.15, -0.1) is 0 Å². The molecule has 0 N–H and O–H groups in total. The predicted molar refractivity (Wildman–Crippen MR) is 82.4 cm³/mol. The molecule has 0 fully saturated rings. The van der Waals surface area contributed by atoms with Crippen molar-refractivity contribution in [1.29, 1.82) is 0 Å². The highest BCUT2D eigenvalue weighted by Crippen LogP contribution is 2.47. The first-order valence-corrected chi connectivity index (χ1v) is 10.0. The van der Waals surface area contributed by atoms with Crippen LogP contribution in [0.1, 0.15) is 65.2 Å². The van der Waals surface area contributed by atoms with E-state index in [1.54, 1.807) is 7.11 Å². The Kier molecular flexibility index (Phi) is 12.4. The zero-order valence-corrected chi connectivity index (χ0v) is 13.6. The Labute approximate surface area is 114 Å². The Bertz CT molecular complexity index is 207. The second kappa shape index (κ2) is 12.2. The Morgan fingerprint density at radius 2 is 1.28 bits per heavy atom. The number of ether oxygens (including phenoxy) is 1. The molecule has 0 atom stereocenters. The van der Waals surface area contributed by atoms with Crippen molar-refractivity contribution in [2.75, 3.05) is 32.2 Å². The summed E-state index contributed by atoms with van der Waals surface area (Å²) in [5.41, 5.74) is 0. The van der Waals surface area contributed by atoms with Gasteiger partial charge in [-0.3, -0.25) is 0 Å². The van der Waals surface area contributed by atoms with Gasteiger partial charge in [0.25, 0.3) is 0 Å². The highest BCUT2D eigenvalue weighted by molar-refractivity contribution is 7.63. The summed E-state index contributed by atoms with van der Waals surface area (Å²) < 4.78 is 17.6. The van der Waals surface area contributed by atoms with Crippen LogP contribution in [0.25, 0.3) is 0 Å². The molecule has 0 spiro atoms. The first-order chi connectivity index (χ1) is 8.68. The molecule has 0 saturated carbocycles. The normalized spacial score (nSPS) is 11.9. The number of methoxy groups -OCH3 is 1. The smallest absolute Gasteiger partial charge is 0.0877 e. The van der Waals surface area contributed by atoms with Gasteiger partial charge in [0.2, 0.25) is 0 Å². The molecule has 3 heteroatoms. The molecule has 0 saturated heterocycles. The molecule has 110 valence electrons. The van der Waals surface area contributed by atoms with E-state index in [0.29, 0.717) is 0 Å². The molecule has 0 aliphatic carbocycles. The molecular weight excluding hydrogens is 243 g/mol. The Morgan fingerprint density at radius 3 is 1.78 bits per heavy atom. The standard InChI is InChI=1S/C15H33O2P/c1-4-13-18(16,14-5-2)15-11-9-7-6-8-10-12-17-3/h4-15H2,1-3H3. The maximum Gasteiger partial charge on any atom is 0.0877 e. The lowest BCUT2D eigenvalue weighted by Gasteiger charge is -2.16. The van der Waals surface area contributed by atoms with Crippen molar-refractivity contribution in [3.05, 3.63) is 0 Å². The van der Waals surface area contributed by atoms with Crippen LogP contribution in [0.5, 0.6) is 0 Å². The molecule has 0 radical (unpaired) electrons. The van der Waals surface area contributed by atoms with E-state index in [0.717, 1.165) is 37.9 Å². The molecule has 2 nitrogen and oxygen atoms in total. The van der Waals surface area contributed by atoms with Gasteiger partial charge in [-0.2, -0.15) is 0 Å². The van der Waals surface area contributed by atoms with Crippen molar-refractivity contribution in [2.24, 2.45) is 0 Å². The van der Waals surface area contributed by atoms with Crippen molar-refractivity contribution >= 4 is 7.14 Å². The number of hydrogen-bond acceptors (Lipinski definition) is 2. The average molecular weight is 276 g/mol. The van der Waals surface area contributed by atoms with Gasteiger partial charge >= 0.3 is 0 Å². The van der Waals surface area contributed by atoms with Crippen LogP contribution in [0.15, 0.2) is 0 Å². The first kappa shape index (κ1) is 18.2. The van der Waals surface area contributed by atoms with E-state index in [-0.39, 0.29) is 0 Å². The summed E-state index contributed by atoms with van der Waals surface area (Å²) in [4.78, 5) is 0. The van der Waals surface area contributed by atoms with Crippen molar-refractivity contribution < 1.29 is 9.30 Å². The SMILES string of the molecule is CCCP(=O)(CCC)CCCCCCCCOC. The molecule has 0 aromatic carbocycles. The van der Waals surface area contributed by atoms with Crippen LogP contribution >= 0.6 is 7.14 Å². The maximum absolute atomic E-state index is 12.6. The molecule has 0 bridgehead atoms. The van der Waals surface area contributed by atoms with Crippen LogP contribution in [0.3, 0.4) is 0 Å². The van der Waals surface area contributed by atoms with Crippen molar-refractivity contribution in [3.63, 3.8) is 0 Å². The number of rotatable bonds is 13. The van der Waals surface area contributed by atoms with Gasteiger partial charge in [-0.25, -0.2) is 0 Å². The summed E-state index contributed by atoms with van der Waals surface area (Å²) in [7, 11) is -0.0427. The molecule has 0 amide bonds. The summed E-state index contributed by atoms with van der Waals surface area (Å²) in [6, 6.07) is 0. The molecule has 0 heterocycles. The van der Waals surface area contributed by atoms with Crippen molar-refractivity contribution in [1.82, 2.24) is 0 Å². The summed E-state index contributed by atoms with van der Waals surface area (Å²) in [6.45, 7) is 5.19. The minimum atomic E-state index is -1.81. The van der Waals surface area contributed by atoms with Crippen LogP contribution in [0, 0.1) is 0 Å². The van der Waals surface area contributed by atoms with Gasteiger partial charge in [0, 0.05) is 32.2 Å². The van der Waals surface area contributed by atoms with Crippen molar-refractivity contribution in [2.45, 2.75) is 65.2 Å². The van der Waals surface area contributed by atoms with Gasteiger partial charge in [-0.1, -0.05) is 39.5 Å². The van der Waals surface area contributed by atoms with E-state index in [1.165, 1.54) is 38.5 Å². The second-order valence-electron chi connectivity index (χ2n) is 5.34. The maximum atomic E-state index is 12.6. The number of hydrogen-bond donors (Lipinski definition) is 0. The second-order valence-corrected chi connectivity index (χ2v) is 8.80. The summed E-state index contributed by atoms with van der Waals surface area (Å²) in [5.74, 6) is 0. The molecule has 0 aliphatic heterocycles. The molecule has 18 heavy (non-hydrogen) atoms. The summed E-state index contributed by atoms with van der Waals surface area (Å²) in [5, 5.41) is 0. The minimum Gasteiger partial charge on any atom is -0.385 e. The summed E-state index contributed by atoms with van der Waals surface area (Å²) >= 11 is 0. The van der Waals surface area contributed by atoms with Crippen LogP contribution in [-0.2, 0) is 9.30 Å². The Hall–Kier alpha value is 0.190. The van der Waals surface area contributed by atoms with E-state index in [1.807, 2.05) is 0 Å². The van der Waals surface area contributed by atoms with Gasteiger partial charge in [0.05, 0.1) is 7.14 Å². The molecule has 0 rings (SSSR count). The lowest BCUT2D eigenvalue weighted by atomic mass is 10.1. The van der Waals surface area contributed by atoms with E-state index >= 15 is 0 Å². The lowest BCUT2D eigenvalue weighted by molar-refractivity contribution is 0.192. The molecular formula is C15H33O2P. The Morgan fingerprint density at radius 1 is 0.778 bits per heavy atom. The zero-order chi connectivity index (χ0) is 13.7. The van der Waals surface area contributed by atoms with Gasteiger partial charge < -0.3 is 9.30 Å². The number of unbranched alkanes of at least 4 members (excludes halogenated alkanes) is 5. The Balaban J connectivity index is 3.52. The highest BCUT2D eigenvalue weighted by atomic mass is 31.2. The average Bonchev–Trinajstić information content (AvgIpc) is 2.33. The van der Waals surface area contributed by atoms with E-state index in [9.17, 15) is 4.57 Å². The third-order valence-corrected chi connectivity index (χ3v) is 7.08. The lowest BCUT2D eigenvalue weighted by Crippen LogP contribution is -1.99. The molecule has 0 aromatic rings. The third kappa shape index (κ3) is 10.1. The molecule has 0 unspecified atom stereocenters. The molecule has 0 aromatic heterocycles. The monoisotopic (exact) mass is 276 g/mol. The van der Waals surface area contributed by atoms with E-state index < -0.39 is 7.14 Å². The fourth-order valence-corrected chi connectivity index (χ4v) is 5.60.